The maximum absolute atomic E-state index is 14.2. The number of benzene rings is 1. The number of aromatic nitrogens is 2. The molecular weight excluding hydrogens is 323 g/mol. The predicted octanol–water partition coefficient (Wildman–Crippen LogP) is 4.04. The summed E-state index contributed by atoms with van der Waals surface area (Å²) in [4.78, 5) is 11.7. The minimum absolute atomic E-state index is 0.0818. The number of ether oxygens (including phenoxy) is 2. The van der Waals surface area contributed by atoms with E-state index in [2.05, 4.69) is 12.0 Å². The smallest absolute Gasteiger partial charge is 0.361 e. The monoisotopic (exact) mass is 348 g/mol. The van der Waals surface area contributed by atoms with Crippen LogP contribution in [0.25, 0.3) is 0 Å². The fraction of sp³-hybridized carbons (Fsp3) is 0.474. The third kappa shape index (κ3) is 4.45. The molecule has 2 aromatic rings. The first-order valence-electron chi connectivity index (χ1n) is 8.53. The molecule has 0 aliphatic heterocycles. The summed E-state index contributed by atoms with van der Waals surface area (Å²) in [5.74, 6) is -1.36. The Bertz CT molecular complexity index is 710. The van der Waals surface area contributed by atoms with Gasteiger partial charge in [0.05, 0.1) is 24.9 Å². The van der Waals surface area contributed by atoms with Crippen LogP contribution in [-0.2, 0) is 16.0 Å². The zero-order chi connectivity index (χ0) is 18.4. The van der Waals surface area contributed by atoms with Crippen LogP contribution in [0.5, 0.6) is 0 Å². The number of esters is 1. The van der Waals surface area contributed by atoms with Crippen molar-refractivity contribution < 1.29 is 18.7 Å². The summed E-state index contributed by atoms with van der Waals surface area (Å²) in [6.45, 7) is 5.96. The van der Waals surface area contributed by atoms with Crippen molar-refractivity contribution in [1.29, 1.82) is 0 Å². The van der Waals surface area contributed by atoms with E-state index in [1.807, 2.05) is 24.3 Å². The van der Waals surface area contributed by atoms with Crippen LogP contribution >= 0.6 is 0 Å². The van der Waals surface area contributed by atoms with Crippen molar-refractivity contribution in [2.45, 2.75) is 46.3 Å². The molecule has 0 saturated carbocycles. The van der Waals surface area contributed by atoms with Gasteiger partial charge in [-0.15, -0.1) is 0 Å². The minimum atomic E-state index is -0.736. The fourth-order valence-electron chi connectivity index (χ4n) is 2.70. The van der Waals surface area contributed by atoms with Gasteiger partial charge < -0.3 is 9.47 Å². The van der Waals surface area contributed by atoms with Crippen molar-refractivity contribution in [1.82, 2.24) is 9.78 Å². The SMILES string of the molecule is CCCC(OC)c1ccc(Cn2nc(C(=O)OCC)c(F)c2C)cc1. The van der Waals surface area contributed by atoms with Crippen LogP contribution in [0.15, 0.2) is 24.3 Å². The molecule has 0 amide bonds. The molecule has 0 N–H and O–H groups in total. The molecule has 0 spiro atoms. The van der Waals surface area contributed by atoms with E-state index >= 15 is 0 Å². The second-order valence-electron chi connectivity index (χ2n) is 5.88. The van der Waals surface area contributed by atoms with E-state index < -0.39 is 11.8 Å². The Kier molecular flexibility index (Phi) is 6.70. The van der Waals surface area contributed by atoms with E-state index in [-0.39, 0.29) is 18.4 Å². The van der Waals surface area contributed by atoms with Crippen molar-refractivity contribution in [3.05, 3.63) is 52.6 Å². The quantitative estimate of drug-likeness (QED) is 0.676. The lowest BCUT2D eigenvalue weighted by molar-refractivity contribution is 0.0513. The summed E-state index contributed by atoms with van der Waals surface area (Å²) >= 11 is 0. The topological polar surface area (TPSA) is 53.4 Å². The molecule has 0 aliphatic rings. The molecule has 0 radical (unpaired) electrons. The van der Waals surface area contributed by atoms with E-state index in [0.29, 0.717) is 12.2 Å². The molecular formula is C19H25FN2O3. The Balaban J connectivity index is 2.17. The summed E-state index contributed by atoms with van der Waals surface area (Å²) in [7, 11) is 1.71. The fourth-order valence-corrected chi connectivity index (χ4v) is 2.70. The average Bonchev–Trinajstić information content (AvgIpc) is 2.89. The van der Waals surface area contributed by atoms with Gasteiger partial charge in [-0.1, -0.05) is 37.6 Å². The van der Waals surface area contributed by atoms with Crippen LogP contribution < -0.4 is 0 Å². The molecule has 5 nitrogen and oxygen atoms in total. The molecule has 0 bridgehead atoms. The summed E-state index contributed by atoms with van der Waals surface area (Å²) in [5.41, 5.74) is 2.13. The third-order valence-electron chi connectivity index (χ3n) is 4.12. The zero-order valence-electron chi connectivity index (χ0n) is 15.2. The Morgan fingerprint density at radius 2 is 1.96 bits per heavy atom. The number of hydrogen-bond donors (Lipinski definition) is 0. The number of hydrogen-bond acceptors (Lipinski definition) is 4. The van der Waals surface area contributed by atoms with Gasteiger partial charge in [0.1, 0.15) is 0 Å². The first kappa shape index (κ1) is 19.1. The summed E-state index contributed by atoms with van der Waals surface area (Å²) in [6, 6.07) is 7.97. The molecule has 1 aromatic carbocycles. The summed E-state index contributed by atoms with van der Waals surface area (Å²) in [6.07, 6.45) is 2.09. The van der Waals surface area contributed by atoms with Gasteiger partial charge >= 0.3 is 5.97 Å². The highest BCUT2D eigenvalue weighted by Crippen LogP contribution is 2.23. The van der Waals surface area contributed by atoms with Gasteiger partial charge in [0.25, 0.3) is 0 Å². The van der Waals surface area contributed by atoms with Gasteiger partial charge in [-0.3, -0.25) is 4.68 Å². The number of nitrogens with zero attached hydrogens (tertiary/aromatic N) is 2. The lowest BCUT2D eigenvalue weighted by Gasteiger charge is -2.15. The number of carbonyl (C=O) groups is 1. The van der Waals surface area contributed by atoms with Gasteiger partial charge in [0.15, 0.2) is 5.82 Å². The minimum Gasteiger partial charge on any atom is -0.461 e. The molecule has 1 unspecified atom stereocenters. The van der Waals surface area contributed by atoms with Crippen LogP contribution in [0.1, 0.15) is 60.1 Å². The average molecular weight is 348 g/mol. The first-order chi connectivity index (χ1) is 12.0. The molecule has 0 aliphatic carbocycles. The van der Waals surface area contributed by atoms with E-state index in [0.717, 1.165) is 24.0 Å². The molecule has 136 valence electrons. The predicted molar refractivity (Wildman–Crippen MR) is 93.1 cm³/mol. The van der Waals surface area contributed by atoms with Crippen LogP contribution in [-0.4, -0.2) is 29.5 Å². The van der Waals surface area contributed by atoms with E-state index in [1.165, 1.54) is 4.68 Å². The molecule has 0 saturated heterocycles. The lowest BCUT2D eigenvalue weighted by Crippen LogP contribution is -2.09. The Hall–Kier alpha value is -2.21. The van der Waals surface area contributed by atoms with Gasteiger partial charge in [-0.25, -0.2) is 9.18 Å². The molecule has 6 heteroatoms. The normalized spacial score (nSPS) is 12.2. The third-order valence-corrected chi connectivity index (χ3v) is 4.12. The molecule has 1 atom stereocenters. The standard InChI is InChI=1S/C19H25FN2O3/c1-5-7-16(24-4)15-10-8-14(9-11-15)12-22-13(3)17(20)18(21-22)19(23)25-6-2/h8-11,16H,5-7,12H2,1-4H3. The zero-order valence-corrected chi connectivity index (χ0v) is 15.2. The largest absolute Gasteiger partial charge is 0.461 e. The van der Waals surface area contributed by atoms with Crippen LogP contribution in [0.2, 0.25) is 0 Å². The van der Waals surface area contributed by atoms with Gasteiger partial charge in [-0.05, 0) is 31.4 Å². The number of carbonyl (C=O) groups excluding carboxylic acids is 1. The van der Waals surface area contributed by atoms with Crippen molar-refractivity contribution in [3.63, 3.8) is 0 Å². The molecule has 1 aromatic heterocycles. The van der Waals surface area contributed by atoms with E-state index in [4.69, 9.17) is 9.47 Å². The second-order valence-corrected chi connectivity index (χ2v) is 5.88. The Morgan fingerprint density at radius 3 is 2.52 bits per heavy atom. The van der Waals surface area contributed by atoms with Crippen LogP contribution in [0.3, 0.4) is 0 Å². The van der Waals surface area contributed by atoms with Crippen molar-refractivity contribution in [3.8, 4) is 0 Å². The van der Waals surface area contributed by atoms with E-state index in [1.54, 1.807) is 21.0 Å². The van der Waals surface area contributed by atoms with Crippen molar-refractivity contribution >= 4 is 5.97 Å². The highest BCUT2D eigenvalue weighted by molar-refractivity contribution is 5.87. The first-order valence-corrected chi connectivity index (χ1v) is 8.53. The highest BCUT2D eigenvalue weighted by Gasteiger charge is 2.22. The van der Waals surface area contributed by atoms with Crippen LogP contribution in [0.4, 0.5) is 4.39 Å². The maximum Gasteiger partial charge on any atom is 0.361 e. The van der Waals surface area contributed by atoms with Gasteiger partial charge in [0.2, 0.25) is 5.69 Å². The van der Waals surface area contributed by atoms with Gasteiger partial charge in [-0.2, -0.15) is 5.10 Å². The number of halogens is 1. The van der Waals surface area contributed by atoms with Crippen LogP contribution in [0, 0.1) is 12.7 Å². The molecule has 0 fully saturated rings. The summed E-state index contributed by atoms with van der Waals surface area (Å²) in [5, 5.41) is 4.07. The Labute approximate surface area is 147 Å². The number of methoxy groups -OCH3 is 1. The highest BCUT2D eigenvalue weighted by atomic mass is 19.1. The van der Waals surface area contributed by atoms with Crippen molar-refractivity contribution in [2.24, 2.45) is 0 Å². The second kappa shape index (κ2) is 8.76. The summed E-state index contributed by atoms with van der Waals surface area (Å²) < 4.78 is 26.0. The molecule has 2 rings (SSSR count). The van der Waals surface area contributed by atoms with Crippen molar-refractivity contribution in [2.75, 3.05) is 13.7 Å². The molecule has 25 heavy (non-hydrogen) atoms. The Morgan fingerprint density at radius 1 is 1.28 bits per heavy atom. The lowest BCUT2D eigenvalue weighted by atomic mass is 10.0. The molecule has 1 heterocycles. The van der Waals surface area contributed by atoms with E-state index in [9.17, 15) is 9.18 Å². The van der Waals surface area contributed by atoms with Gasteiger partial charge in [0, 0.05) is 7.11 Å². The number of rotatable bonds is 8. The maximum atomic E-state index is 14.2.